The Kier molecular flexibility index (Phi) is 5.14. The minimum absolute atomic E-state index is 0.00789. The number of thiophene rings is 1. The topological polar surface area (TPSA) is 58.4 Å². The van der Waals surface area contributed by atoms with Gasteiger partial charge in [-0.15, -0.1) is 0 Å². The van der Waals surface area contributed by atoms with E-state index in [1.54, 1.807) is 11.3 Å². The molecule has 2 aromatic heterocycles. The van der Waals surface area contributed by atoms with Gasteiger partial charge in [-0.3, -0.25) is 4.79 Å². The molecule has 0 fully saturated rings. The first-order chi connectivity index (χ1) is 9.99. The molecule has 5 nitrogen and oxygen atoms in total. The van der Waals surface area contributed by atoms with E-state index in [-0.39, 0.29) is 11.9 Å². The number of nitrogens with zero attached hydrogens (tertiary/aromatic N) is 2. The van der Waals surface area contributed by atoms with Crippen molar-refractivity contribution in [2.45, 2.75) is 26.3 Å². The average molecular weight is 307 g/mol. The summed E-state index contributed by atoms with van der Waals surface area (Å²) < 4.78 is 5.08. The second kappa shape index (κ2) is 6.87. The number of amides is 1. The predicted octanol–water partition coefficient (Wildman–Crippen LogP) is 2.31. The van der Waals surface area contributed by atoms with Crippen LogP contribution < -0.4 is 5.32 Å². The third-order valence-corrected chi connectivity index (χ3v) is 4.26. The Bertz CT molecular complexity index is 571. The van der Waals surface area contributed by atoms with Gasteiger partial charge < -0.3 is 14.7 Å². The molecule has 0 aliphatic heterocycles. The number of hydrogen-bond donors (Lipinski definition) is 1. The van der Waals surface area contributed by atoms with Crippen molar-refractivity contribution in [3.63, 3.8) is 0 Å². The quantitative estimate of drug-likeness (QED) is 0.890. The van der Waals surface area contributed by atoms with E-state index in [4.69, 9.17) is 4.52 Å². The molecule has 1 amide bonds. The Morgan fingerprint density at radius 3 is 2.76 bits per heavy atom. The lowest BCUT2D eigenvalue weighted by Crippen LogP contribution is -2.35. The van der Waals surface area contributed by atoms with Gasteiger partial charge >= 0.3 is 0 Å². The molecule has 0 saturated heterocycles. The lowest BCUT2D eigenvalue weighted by atomic mass is 10.1. The molecular formula is C15H21N3O2S. The highest BCUT2D eigenvalue weighted by molar-refractivity contribution is 7.07. The summed E-state index contributed by atoms with van der Waals surface area (Å²) in [5, 5.41) is 11.0. The zero-order valence-corrected chi connectivity index (χ0v) is 13.7. The lowest BCUT2D eigenvalue weighted by Gasteiger charge is -2.24. The molecule has 0 aliphatic carbocycles. The van der Waals surface area contributed by atoms with E-state index in [2.05, 4.69) is 32.2 Å². The van der Waals surface area contributed by atoms with E-state index < -0.39 is 0 Å². The summed E-state index contributed by atoms with van der Waals surface area (Å²) in [5.41, 5.74) is 2.89. The summed E-state index contributed by atoms with van der Waals surface area (Å²) in [6.45, 7) is 4.27. The number of carbonyl (C=O) groups excluding carboxylic acids is 1. The monoisotopic (exact) mass is 307 g/mol. The van der Waals surface area contributed by atoms with Gasteiger partial charge in [0, 0.05) is 12.1 Å². The van der Waals surface area contributed by atoms with Gasteiger partial charge in [-0.1, -0.05) is 5.16 Å². The van der Waals surface area contributed by atoms with Crippen molar-refractivity contribution in [1.82, 2.24) is 15.4 Å². The molecule has 2 rings (SSSR count). The van der Waals surface area contributed by atoms with Gasteiger partial charge in [-0.2, -0.15) is 11.3 Å². The molecule has 2 heterocycles. The molecule has 1 atom stereocenters. The van der Waals surface area contributed by atoms with E-state index in [1.807, 2.05) is 27.9 Å². The van der Waals surface area contributed by atoms with Crippen LogP contribution in [0.3, 0.4) is 0 Å². The van der Waals surface area contributed by atoms with Crippen LogP contribution >= 0.6 is 11.3 Å². The van der Waals surface area contributed by atoms with E-state index in [1.165, 1.54) is 5.56 Å². The van der Waals surface area contributed by atoms with Crippen LogP contribution in [-0.2, 0) is 11.2 Å². The SMILES string of the molecule is Cc1noc(C)c1CC(=O)NC[C@H](c1ccsc1)N(C)C. The van der Waals surface area contributed by atoms with Crippen LogP contribution in [0.25, 0.3) is 0 Å². The molecule has 0 bridgehead atoms. The Balaban J connectivity index is 1.94. The molecule has 0 aliphatic rings. The standard InChI is InChI=1S/C15H21N3O2S/c1-10-13(11(2)20-17-10)7-15(19)16-8-14(18(3)4)12-5-6-21-9-12/h5-6,9,14H,7-8H2,1-4H3,(H,16,19)/t14-/m1/s1. The fourth-order valence-electron chi connectivity index (χ4n) is 2.25. The number of carbonyl (C=O) groups is 1. The van der Waals surface area contributed by atoms with Crippen molar-refractivity contribution in [1.29, 1.82) is 0 Å². The molecule has 21 heavy (non-hydrogen) atoms. The first-order valence-electron chi connectivity index (χ1n) is 6.86. The van der Waals surface area contributed by atoms with Gasteiger partial charge in [0.2, 0.25) is 5.91 Å². The maximum absolute atomic E-state index is 12.1. The third-order valence-electron chi connectivity index (χ3n) is 3.56. The molecule has 0 spiro atoms. The Morgan fingerprint density at radius 1 is 1.48 bits per heavy atom. The van der Waals surface area contributed by atoms with Crippen molar-refractivity contribution in [3.05, 3.63) is 39.4 Å². The zero-order valence-electron chi connectivity index (χ0n) is 12.8. The van der Waals surface area contributed by atoms with E-state index in [0.29, 0.717) is 18.7 Å². The van der Waals surface area contributed by atoms with Crippen LogP contribution in [0, 0.1) is 13.8 Å². The summed E-state index contributed by atoms with van der Waals surface area (Å²) >= 11 is 1.67. The van der Waals surface area contributed by atoms with Crippen molar-refractivity contribution in [2.24, 2.45) is 0 Å². The maximum atomic E-state index is 12.1. The van der Waals surface area contributed by atoms with Crippen LogP contribution in [0.1, 0.15) is 28.6 Å². The molecule has 2 aromatic rings. The molecule has 1 N–H and O–H groups in total. The average Bonchev–Trinajstić information content (AvgIpc) is 3.04. The maximum Gasteiger partial charge on any atom is 0.224 e. The Hall–Kier alpha value is -1.66. The van der Waals surface area contributed by atoms with E-state index in [0.717, 1.165) is 11.3 Å². The number of likely N-dealkylation sites (N-methyl/N-ethyl adjacent to an activating group) is 1. The van der Waals surface area contributed by atoms with Crippen LogP contribution in [0.2, 0.25) is 0 Å². The van der Waals surface area contributed by atoms with Crippen molar-refractivity contribution in [2.75, 3.05) is 20.6 Å². The molecular weight excluding hydrogens is 286 g/mol. The highest BCUT2D eigenvalue weighted by Crippen LogP contribution is 2.20. The van der Waals surface area contributed by atoms with E-state index >= 15 is 0 Å². The minimum atomic E-state index is -0.00789. The smallest absolute Gasteiger partial charge is 0.224 e. The predicted molar refractivity (Wildman–Crippen MR) is 83.4 cm³/mol. The lowest BCUT2D eigenvalue weighted by molar-refractivity contribution is -0.120. The molecule has 0 aromatic carbocycles. The summed E-state index contributed by atoms with van der Waals surface area (Å²) in [7, 11) is 4.03. The van der Waals surface area contributed by atoms with Gasteiger partial charge in [0.15, 0.2) is 0 Å². The molecule has 6 heteroatoms. The number of nitrogens with one attached hydrogen (secondary N) is 1. The van der Waals surface area contributed by atoms with Crippen molar-refractivity contribution < 1.29 is 9.32 Å². The minimum Gasteiger partial charge on any atom is -0.361 e. The van der Waals surface area contributed by atoms with Crippen LogP contribution in [0.4, 0.5) is 0 Å². The summed E-state index contributed by atoms with van der Waals surface area (Å²) in [6, 6.07) is 2.28. The Morgan fingerprint density at radius 2 is 2.24 bits per heavy atom. The van der Waals surface area contributed by atoms with Crippen LogP contribution in [0.15, 0.2) is 21.3 Å². The molecule has 0 saturated carbocycles. The fourth-order valence-corrected chi connectivity index (χ4v) is 2.96. The van der Waals surface area contributed by atoms with Crippen molar-refractivity contribution >= 4 is 17.2 Å². The normalized spacial score (nSPS) is 12.6. The van der Waals surface area contributed by atoms with Gasteiger partial charge in [0.25, 0.3) is 0 Å². The third kappa shape index (κ3) is 3.92. The molecule has 0 unspecified atom stereocenters. The first kappa shape index (κ1) is 15.7. The molecule has 0 radical (unpaired) electrons. The Labute approximate surface area is 128 Å². The highest BCUT2D eigenvalue weighted by Gasteiger charge is 2.17. The van der Waals surface area contributed by atoms with Gasteiger partial charge in [-0.05, 0) is 50.3 Å². The summed E-state index contributed by atoms with van der Waals surface area (Å²) in [6.07, 6.45) is 0.310. The van der Waals surface area contributed by atoms with Crippen LogP contribution in [0.5, 0.6) is 0 Å². The highest BCUT2D eigenvalue weighted by atomic mass is 32.1. The number of aromatic nitrogens is 1. The van der Waals surface area contributed by atoms with Gasteiger partial charge in [-0.25, -0.2) is 0 Å². The summed E-state index contributed by atoms with van der Waals surface area (Å²) in [5.74, 6) is 0.705. The largest absolute Gasteiger partial charge is 0.361 e. The summed E-state index contributed by atoms with van der Waals surface area (Å²) in [4.78, 5) is 14.2. The van der Waals surface area contributed by atoms with Gasteiger partial charge in [0.1, 0.15) is 5.76 Å². The van der Waals surface area contributed by atoms with Crippen molar-refractivity contribution in [3.8, 4) is 0 Å². The molecule has 114 valence electrons. The second-order valence-electron chi connectivity index (χ2n) is 5.32. The number of hydrogen-bond acceptors (Lipinski definition) is 5. The first-order valence-corrected chi connectivity index (χ1v) is 7.80. The number of rotatable bonds is 6. The van der Waals surface area contributed by atoms with Gasteiger partial charge in [0.05, 0.1) is 18.2 Å². The fraction of sp³-hybridized carbons (Fsp3) is 0.467. The van der Waals surface area contributed by atoms with Crippen LogP contribution in [-0.4, -0.2) is 36.6 Å². The van der Waals surface area contributed by atoms with E-state index in [9.17, 15) is 4.79 Å². The second-order valence-corrected chi connectivity index (χ2v) is 6.10. The zero-order chi connectivity index (χ0) is 15.4. The number of aryl methyl sites for hydroxylation is 2.